The van der Waals surface area contributed by atoms with Gasteiger partial charge in [-0.1, -0.05) is 12.1 Å². The summed E-state index contributed by atoms with van der Waals surface area (Å²) in [6, 6.07) is 6.17. The van der Waals surface area contributed by atoms with Crippen molar-refractivity contribution in [3.63, 3.8) is 0 Å². The molecule has 1 aliphatic rings. The van der Waals surface area contributed by atoms with Gasteiger partial charge < -0.3 is 5.32 Å². The summed E-state index contributed by atoms with van der Waals surface area (Å²) >= 11 is 0. The standard InChI is InChI=1S/C15H21NO/c1-15(2,3)16-10-14(17)13-8-7-11-5-4-6-12(11)9-13/h7-9,16H,4-6,10H2,1-3H3. The predicted octanol–water partition coefficient (Wildman–Crippen LogP) is 2.75. The van der Waals surface area contributed by atoms with E-state index in [1.54, 1.807) is 0 Å². The molecule has 0 heterocycles. The minimum atomic E-state index is -0.00755. The van der Waals surface area contributed by atoms with E-state index in [0.29, 0.717) is 6.54 Å². The lowest BCUT2D eigenvalue weighted by atomic mass is 10.0. The van der Waals surface area contributed by atoms with Crippen molar-refractivity contribution in [3.8, 4) is 0 Å². The quantitative estimate of drug-likeness (QED) is 0.810. The number of carbonyl (C=O) groups excluding carboxylic acids is 1. The summed E-state index contributed by atoms with van der Waals surface area (Å²) in [4.78, 5) is 12.0. The highest BCUT2D eigenvalue weighted by Crippen LogP contribution is 2.22. The second-order valence-corrected chi connectivity index (χ2v) is 5.86. The maximum Gasteiger partial charge on any atom is 0.176 e. The molecule has 17 heavy (non-hydrogen) atoms. The maximum absolute atomic E-state index is 12.0. The van der Waals surface area contributed by atoms with Crippen molar-refractivity contribution in [3.05, 3.63) is 34.9 Å². The van der Waals surface area contributed by atoms with Crippen LogP contribution in [0.1, 0.15) is 48.7 Å². The molecule has 0 aromatic heterocycles. The van der Waals surface area contributed by atoms with Crippen LogP contribution in [0.25, 0.3) is 0 Å². The van der Waals surface area contributed by atoms with E-state index in [1.807, 2.05) is 6.07 Å². The fourth-order valence-electron chi connectivity index (χ4n) is 2.19. The van der Waals surface area contributed by atoms with Gasteiger partial charge in [0.2, 0.25) is 0 Å². The molecular formula is C15H21NO. The van der Waals surface area contributed by atoms with Gasteiger partial charge in [0, 0.05) is 11.1 Å². The second-order valence-electron chi connectivity index (χ2n) is 5.86. The molecule has 2 rings (SSSR count). The molecular weight excluding hydrogens is 210 g/mol. The van der Waals surface area contributed by atoms with Crippen molar-refractivity contribution in [2.75, 3.05) is 6.54 Å². The zero-order chi connectivity index (χ0) is 12.5. The highest BCUT2D eigenvalue weighted by atomic mass is 16.1. The van der Waals surface area contributed by atoms with E-state index >= 15 is 0 Å². The zero-order valence-corrected chi connectivity index (χ0v) is 11.0. The van der Waals surface area contributed by atoms with Gasteiger partial charge in [0.05, 0.1) is 6.54 Å². The van der Waals surface area contributed by atoms with Crippen LogP contribution >= 0.6 is 0 Å². The first kappa shape index (κ1) is 12.3. The van der Waals surface area contributed by atoms with Crippen LogP contribution < -0.4 is 5.32 Å². The summed E-state index contributed by atoms with van der Waals surface area (Å²) in [6.45, 7) is 6.64. The van der Waals surface area contributed by atoms with Gasteiger partial charge in [-0.2, -0.15) is 0 Å². The third-order valence-corrected chi connectivity index (χ3v) is 3.20. The maximum atomic E-state index is 12.0. The topological polar surface area (TPSA) is 29.1 Å². The number of hydrogen-bond donors (Lipinski definition) is 1. The van der Waals surface area contributed by atoms with Crippen LogP contribution in [0.15, 0.2) is 18.2 Å². The molecule has 0 saturated heterocycles. The Labute approximate surface area is 103 Å². The zero-order valence-electron chi connectivity index (χ0n) is 11.0. The number of hydrogen-bond acceptors (Lipinski definition) is 2. The number of fused-ring (bicyclic) bond motifs is 1. The molecule has 2 heteroatoms. The second kappa shape index (κ2) is 4.61. The van der Waals surface area contributed by atoms with Crippen LogP contribution in [-0.4, -0.2) is 17.9 Å². The number of carbonyl (C=O) groups is 1. The fourth-order valence-corrected chi connectivity index (χ4v) is 2.19. The molecule has 0 saturated carbocycles. The van der Waals surface area contributed by atoms with Crippen LogP contribution in [0.5, 0.6) is 0 Å². The first-order valence-electron chi connectivity index (χ1n) is 6.36. The predicted molar refractivity (Wildman–Crippen MR) is 70.6 cm³/mol. The van der Waals surface area contributed by atoms with Crippen molar-refractivity contribution in [1.29, 1.82) is 0 Å². The molecule has 1 aromatic carbocycles. The number of ketones is 1. The van der Waals surface area contributed by atoms with Gasteiger partial charge in [-0.05, 0) is 57.2 Å². The van der Waals surface area contributed by atoms with Crippen molar-refractivity contribution in [2.45, 2.75) is 45.6 Å². The molecule has 0 radical (unpaired) electrons. The molecule has 0 amide bonds. The van der Waals surface area contributed by atoms with E-state index in [4.69, 9.17) is 0 Å². The molecule has 1 aliphatic carbocycles. The molecule has 0 unspecified atom stereocenters. The first-order chi connectivity index (χ1) is 7.96. The molecule has 1 N–H and O–H groups in total. The average Bonchev–Trinajstić information content (AvgIpc) is 2.71. The Kier molecular flexibility index (Phi) is 3.34. The Bertz CT molecular complexity index is 429. The van der Waals surface area contributed by atoms with Gasteiger partial charge in [0.1, 0.15) is 0 Å². The number of Topliss-reactive ketones (excluding diaryl/α,β-unsaturated/α-hetero) is 1. The van der Waals surface area contributed by atoms with Crippen LogP contribution in [-0.2, 0) is 12.8 Å². The Morgan fingerprint density at radius 1 is 1.24 bits per heavy atom. The van der Waals surface area contributed by atoms with Gasteiger partial charge >= 0.3 is 0 Å². The van der Waals surface area contributed by atoms with Gasteiger partial charge in [0.15, 0.2) is 5.78 Å². The summed E-state index contributed by atoms with van der Waals surface area (Å²) in [5.74, 6) is 0.189. The SMILES string of the molecule is CC(C)(C)NCC(=O)c1ccc2c(c1)CCC2. The van der Waals surface area contributed by atoms with E-state index in [2.05, 4.69) is 38.2 Å². The van der Waals surface area contributed by atoms with Gasteiger partial charge in [-0.3, -0.25) is 4.79 Å². The summed E-state index contributed by atoms with van der Waals surface area (Å²) in [7, 11) is 0. The summed E-state index contributed by atoms with van der Waals surface area (Å²) in [5.41, 5.74) is 3.63. The van der Waals surface area contributed by atoms with Crippen molar-refractivity contribution < 1.29 is 4.79 Å². The van der Waals surface area contributed by atoms with E-state index in [0.717, 1.165) is 12.0 Å². The Hall–Kier alpha value is -1.15. The monoisotopic (exact) mass is 231 g/mol. The van der Waals surface area contributed by atoms with Crippen molar-refractivity contribution >= 4 is 5.78 Å². The largest absolute Gasteiger partial charge is 0.305 e. The van der Waals surface area contributed by atoms with E-state index < -0.39 is 0 Å². The summed E-state index contributed by atoms with van der Waals surface area (Å²) in [5, 5.41) is 3.24. The molecule has 1 aromatic rings. The average molecular weight is 231 g/mol. The van der Waals surface area contributed by atoms with Crippen LogP contribution in [0, 0.1) is 0 Å². The molecule has 2 nitrogen and oxygen atoms in total. The minimum absolute atomic E-state index is 0.00755. The molecule has 0 fully saturated rings. The number of aryl methyl sites for hydroxylation is 2. The number of rotatable bonds is 3. The highest BCUT2D eigenvalue weighted by molar-refractivity contribution is 5.97. The normalized spacial score (nSPS) is 14.8. The first-order valence-corrected chi connectivity index (χ1v) is 6.36. The fraction of sp³-hybridized carbons (Fsp3) is 0.533. The minimum Gasteiger partial charge on any atom is -0.305 e. The number of nitrogens with one attached hydrogen (secondary N) is 1. The Balaban J connectivity index is 2.05. The van der Waals surface area contributed by atoms with E-state index in [1.165, 1.54) is 24.0 Å². The van der Waals surface area contributed by atoms with Crippen molar-refractivity contribution in [1.82, 2.24) is 5.32 Å². The molecule has 0 bridgehead atoms. The third kappa shape index (κ3) is 3.16. The van der Waals surface area contributed by atoms with Crippen LogP contribution in [0.4, 0.5) is 0 Å². The molecule has 0 aliphatic heterocycles. The summed E-state index contributed by atoms with van der Waals surface area (Å²) < 4.78 is 0. The highest BCUT2D eigenvalue weighted by Gasteiger charge is 2.15. The van der Waals surface area contributed by atoms with Gasteiger partial charge in [-0.25, -0.2) is 0 Å². The third-order valence-electron chi connectivity index (χ3n) is 3.20. The summed E-state index contributed by atoms with van der Waals surface area (Å²) in [6.07, 6.45) is 3.53. The molecule has 0 atom stereocenters. The Morgan fingerprint density at radius 2 is 1.94 bits per heavy atom. The Morgan fingerprint density at radius 3 is 2.65 bits per heavy atom. The van der Waals surface area contributed by atoms with E-state index in [-0.39, 0.29) is 11.3 Å². The lowest BCUT2D eigenvalue weighted by Crippen LogP contribution is -2.39. The molecule has 92 valence electrons. The lowest BCUT2D eigenvalue weighted by molar-refractivity contribution is 0.0982. The lowest BCUT2D eigenvalue weighted by Gasteiger charge is -2.19. The van der Waals surface area contributed by atoms with Crippen LogP contribution in [0.3, 0.4) is 0 Å². The van der Waals surface area contributed by atoms with E-state index in [9.17, 15) is 4.79 Å². The van der Waals surface area contributed by atoms with Crippen molar-refractivity contribution in [2.24, 2.45) is 0 Å². The smallest absolute Gasteiger partial charge is 0.176 e. The van der Waals surface area contributed by atoms with Gasteiger partial charge in [0.25, 0.3) is 0 Å². The molecule has 0 spiro atoms. The number of benzene rings is 1. The van der Waals surface area contributed by atoms with Crippen LogP contribution in [0.2, 0.25) is 0 Å². The van der Waals surface area contributed by atoms with Gasteiger partial charge in [-0.15, -0.1) is 0 Å².